The number of nitrogens with zero attached hydrogens (tertiary/aromatic N) is 3. The minimum absolute atomic E-state index is 0.133. The molecule has 0 aliphatic heterocycles. The third-order valence-electron chi connectivity index (χ3n) is 4.14. The average Bonchev–Trinajstić information content (AvgIpc) is 3.16. The van der Waals surface area contributed by atoms with Crippen molar-refractivity contribution >= 4 is 17.3 Å². The second-order valence-corrected chi connectivity index (χ2v) is 6.51. The molecule has 0 aliphatic carbocycles. The number of carbonyl (C=O) groups is 1. The van der Waals surface area contributed by atoms with Gasteiger partial charge in [0.2, 0.25) is 0 Å². The Hall–Kier alpha value is -3.28. The van der Waals surface area contributed by atoms with E-state index in [2.05, 4.69) is 10.4 Å². The number of benzene rings is 2. The van der Waals surface area contributed by atoms with E-state index in [9.17, 15) is 4.79 Å². The van der Waals surface area contributed by atoms with Crippen molar-refractivity contribution in [2.75, 3.05) is 30.9 Å². The molecular formula is C21H24N4O2. The molecule has 3 aromatic rings. The first kappa shape index (κ1) is 18.5. The van der Waals surface area contributed by atoms with Crippen LogP contribution in [-0.2, 0) is 6.54 Å². The van der Waals surface area contributed by atoms with Gasteiger partial charge in [-0.15, -0.1) is 0 Å². The Bertz CT molecular complexity index is 887. The lowest BCUT2D eigenvalue weighted by Crippen LogP contribution is -2.18. The van der Waals surface area contributed by atoms with Crippen molar-refractivity contribution < 1.29 is 9.53 Å². The minimum atomic E-state index is -0.133. The summed E-state index contributed by atoms with van der Waals surface area (Å²) in [6.45, 7) is 3.23. The van der Waals surface area contributed by atoms with Gasteiger partial charge in [0, 0.05) is 37.9 Å². The Morgan fingerprint density at radius 2 is 1.96 bits per heavy atom. The molecular weight excluding hydrogens is 340 g/mol. The third-order valence-corrected chi connectivity index (χ3v) is 4.14. The molecule has 0 radical (unpaired) electrons. The number of rotatable bonds is 7. The molecule has 0 spiro atoms. The van der Waals surface area contributed by atoms with Gasteiger partial charge < -0.3 is 15.0 Å². The Morgan fingerprint density at radius 3 is 2.63 bits per heavy atom. The average molecular weight is 364 g/mol. The van der Waals surface area contributed by atoms with E-state index in [0.717, 1.165) is 22.7 Å². The predicted octanol–water partition coefficient (Wildman–Crippen LogP) is 3.59. The van der Waals surface area contributed by atoms with Crippen molar-refractivity contribution in [1.29, 1.82) is 0 Å². The molecule has 1 heterocycles. The molecule has 2 aromatic carbocycles. The number of nitrogens with one attached hydrogen (secondary N) is 1. The Morgan fingerprint density at radius 1 is 1.19 bits per heavy atom. The van der Waals surface area contributed by atoms with Crippen LogP contribution in [0.15, 0.2) is 60.9 Å². The fourth-order valence-electron chi connectivity index (χ4n) is 2.73. The number of carbonyl (C=O) groups excluding carboxylic acids is 1. The quantitative estimate of drug-likeness (QED) is 0.696. The molecule has 140 valence electrons. The Balaban J connectivity index is 1.60. The maximum atomic E-state index is 12.7. The number of hydrogen-bond donors (Lipinski definition) is 1. The van der Waals surface area contributed by atoms with E-state index in [-0.39, 0.29) is 5.91 Å². The van der Waals surface area contributed by atoms with Gasteiger partial charge in [0.05, 0.1) is 12.1 Å². The van der Waals surface area contributed by atoms with Crippen LogP contribution in [0.2, 0.25) is 0 Å². The SMILES string of the molecule is Cc1ccc(C(=O)Nc2ccc(OCCn3cccn3)cc2)c(N(C)C)c1. The van der Waals surface area contributed by atoms with Gasteiger partial charge >= 0.3 is 0 Å². The first-order valence-corrected chi connectivity index (χ1v) is 8.82. The second kappa shape index (κ2) is 8.40. The molecule has 1 aromatic heterocycles. The zero-order valence-corrected chi connectivity index (χ0v) is 15.8. The van der Waals surface area contributed by atoms with Crippen molar-refractivity contribution in [3.05, 3.63) is 72.1 Å². The van der Waals surface area contributed by atoms with Crippen molar-refractivity contribution in [3.63, 3.8) is 0 Å². The zero-order chi connectivity index (χ0) is 19.2. The monoisotopic (exact) mass is 364 g/mol. The molecule has 1 amide bonds. The zero-order valence-electron chi connectivity index (χ0n) is 15.8. The van der Waals surface area contributed by atoms with Crippen LogP contribution >= 0.6 is 0 Å². The summed E-state index contributed by atoms with van der Waals surface area (Å²) in [5, 5.41) is 7.08. The molecule has 27 heavy (non-hydrogen) atoms. The molecule has 0 bridgehead atoms. The van der Waals surface area contributed by atoms with Gasteiger partial charge in [-0.2, -0.15) is 5.10 Å². The van der Waals surface area contributed by atoms with Crippen molar-refractivity contribution in [1.82, 2.24) is 9.78 Å². The van der Waals surface area contributed by atoms with Crippen LogP contribution in [0.25, 0.3) is 0 Å². The largest absolute Gasteiger partial charge is 0.492 e. The summed E-state index contributed by atoms with van der Waals surface area (Å²) < 4.78 is 7.53. The maximum absolute atomic E-state index is 12.7. The highest BCUT2D eigenvalue weighted by atomic mass is 16.5. The molecule has 1 N–H and O–H groups in total. The highest BCUT2D eigenvalue weighted by molar-refractivity contribution is 6.08. The van der Waals surface area contributed by atoms with E-state index >= 15 is 0 Å². The van der Waals surface area contributed by atoms with E-state index in [1.54, 1.807) is 6.20 Å². The maximum Gasteiger partial charge on any atom is 0.257 e. The first-order valence-electron chi connectivity index (χ1n) is 8.82. The van der Waals surface area contributed by atoms with Crippen LogP contribution in [0.1, 0.15) is 15.9 Å². The first-order chi connectivity index (χ1) is 13.0. The summed E-state index contributed by atoms with van der Waals surface area (Å²) >= 11 is 0. The van der Waals surface area contributed by atoms with Gasteiger partial charge in [0.25, 0.3) is 5.91 Å². The smallest absolute Gasteiger partial charge is 0.257 e. The van der Waals surface area contributed by atoms with Gasteiger partial charge in [-0.3, -0.25) is 9.48 Å². The fourth-order valence-corrected chi connectivity index (χ4v) is 2.73. The number of hydrogen-bond acceptors (Lipinski definition) is 4. The molecule has 6 heteroatoms. The number of aryl methyl sites for hydroxylation is 1. The highest BCUT2D eigenvalue weighted by Crippen LogP contribution is 2.22. The summed E-state index contributed by atoms with van der Waals surface area (Å²) in [5.74, 6) is 0.621. The van der Waals surface area contributed by atoms with Gasteiger partial charge in [-0.1, -0.05) is 6.07 Å². The van der Waals surface area contributed by atoms with Gasteiger partial charge in [-0.05, 0) is 55.0 Å². The second-order valence-electron chi connectivity index (χ2n) is 6.51. The topological polar surface area (TPSA) is 59.4 Å². The van der Waals surface area contributed by atoms with Crippen LogP contribution in [0.5, 0.6) is 5.75 Å². The molecule has 0 aliphatic rings. The summed E-state index contributed by atoms with van der Waals surface area (Å²) in [5.41, 5.74) is 3.38. The number of aromatic nitrogens is 2. The summed E-state index contributed by atoms with van der Waals surface area (Å²) in [6.07, 6.45) is 3.64. The van der Waals surface area contributed by atoms with E-state index in [4.69, 9.17) is 4.74 Å². The molecule has 3 rings (SSSR count). The summed E-state index contributed by atoms with van der Waals surface area (Å²) in [6, 6.07) is 15.1. The lowest BCUT2D eigenvalue weighted by molar-refractivity contribution is 0.102. The Kier molecular flexibility index (Phi) is 5.76. The van der Waals surface area contributed by atoms with Crippen molar-refractivity contribution in [2.24, 2.45) is 0 Å². The molecule has 0 saturated carbocycles. The normalized spacial score (nSPS) is 10.5. The predicted molar refractivity (Wildman–Crippen MR) is 108 cm³/mol. The number of anilines is 2. The van der Waals surface area contributed by atoms with Crippen LogP contribution in [0.4, 0.5) is 11.4 Å². The minimum Gasteiger partial charge on any atom is -0.492 e. The van der Waals surface area contributed by atoms with Gasteiger partial charge in [0.15, 0.2) is 0 Å². The highest BCUT2D eigenvalue weighted by Gasteiger charge is 2.13. The van der Waals surface area contributed by atoms with Crippen molar-refractivity contribution in [2.45, 2.75) is 13.5 Å². The van der Waals surface area contributed by atoms with Crippen LogP contribution in [0.3, 0.4) is 0 Å². The lowest BCUT2D eigenvalue weighted by atomic mass is 10.1. The Labute approximate surface area is 159 Å². The van der Waals surface area contributed by atoms with E-state index < -0.39 is 0 Å². The molecule has 0 atom stereocenters. The summed E-state index contributed by atoms with van der Waals surface area (Å²) in [7, 11) is 3.86. The third kappa shape index (κ3) is 4.88. The van der Waals surface area contributed by atoms with E-state index in [0.29, 0.717) is 18.7 Å². The van der Waals surface area contributed by atoms with Crippen LogP contribution in [-0.4, -0.2) is 36.4 Å². The van der Waals surface area contributed by atoms with Gasteiger partial charge in [0.1, 0.15) is 12.4 Å². The van der Waals surface area contributed by atoms with E-state index in [1.807, 2.05) is 85.3 Å². The van der Waals surface area contributed by atoms with Crippen LogP contribution < -0.4 is 15.0 Å². The molecule has 6 nitrogen and oxygen atoms in total. The molecule has 0 fully saturated rings. The number of ether oxygens (including phenoxy) is 1. The van der Waals surface area contributed by atoms with Crippen molar-refractivity contribution in [3.8, 4) is 5.75 Å². The number of amides is 1. The lowest BCUT2D eigenvalue weighted by Gasteiger charge is -2.18. The van der Waals surface area contributed by atoms with Gasteiger partial charge in [-0.25, -0.2) is 0 Å². The standard InChI is InChI=1S/C21H24N4O2/c1-16-5-10-19(20(15-16)24(2)3)21(26)23-17-6-8-18(9-7-17)27-14-13-25-12-4-11-22-25/h4-12,15H,13-14H2,1-3H3,(H,23,26). The fraction of sp³-hybridized carbons (Fsp3) is 0.238. The van der Waals surface area contributed by atoms with E-state index in [1.165, 1.54) is 0 Å². The molecule has 0 unspecified atom stereocenters. The summed E-state index contributed by atoms with van der Waals surface area (Å²) in [4.78, 5) is 14.6. The van der Waals surface area contributed by atoms with Crippen LogP contribution in [0, 0.1) is 6.92 Å². The molecule has 0 saturated heterocycles.